The minimum absolute atomic E-state index is 0.0112. The second-order valence-corrected chi connectivity index (χ2v) is 6.43. The molecular weight excluding hydrogens is 250 g/mol. The van der Waals surface area contributed by atoms with Crippen LogP contribution < -0.4 is 5.32 Å². The summed E-state index contributed by atoms with van der Waals surface area (Å²) in [7, 11) is 1.72. The summed E-state index contributed by atoms with van der Waals surface area (Å²) in [5.41, 5.74) is 0.588. The van der Waals surface area contributed by atoms with E-state index in [0.717, 1.165) is 36.7 Å². The highest BCUT2D eigenvalue weighted by molar-refractivity contribution is 5.38. The molecule has 0 aliphatic heterocycles. The van der Waals surface area contributed by atoms with Crippen LogP contribution in [0, 0.1) is 0 Å². The van der Waals surface area contributed by atoms with Gasteiger partial charge in [-0.2, -0.15) is 0 Å². The Labute approximate surface area is 123 Å². The lowest BCUT2D eigenvalue weighted by atomic mass is 9.91. The van der Waals surface area contributed by atoms with E-state index in [0.29, 0.717) is 0 Å². The predicted molar refractivity (Wildman–Crippen MR) is 84.2 cm³/mol. The zero-order chi connectivity index (χ0) is 15.4. The molecule has 0 aromatic carbocycles. The molecule has 0 bridgehead atoms. The van der Waals surface area contributed by atoms with Crippen LogP contribution in [0.2, 0.25) is 0 Å². The molecule has 114 valence electrons. The molecule has 1 atom stereocenters. The first-order chi connectivity index (χ1) is 9.26. The Hall–Kier alpha value is -1.16. The summed E-state index contributed by atoms with van der Waals surface area (Å²) < 4.78 is 5.65. The highest BCUT2D eigenvalue weighted by Crippen LogP contribution is 2.29. The first-order valence-electron chi connectivity index (χ1n) is 7.46. The van der Waals surface area contributed by atoms with Gasteiger partial charge in [0.2, 0.25) is 0 Å². The summed E-state index contributed by atoms with van der Waals surface area (Å²) in [4.78, 5) is 9.40. The normalized spacial score (nSPS) is 14.9. The third-order valence-corrected chi connectivity index (χ3v) is 3.65. The molecule has 4 heteroatoms. The van der Waals surface area contributed by atoms with Gasteiger partial charge in [0.05, 0.1) is 5.69 Å². The van der Waals surface area contributed by atoms with Crippen LogP contribution in [0.25, 0.3) is 0 Å². The van der Waals surface area contributed by atoms with Gasteiger partial charge in [-0.15, -0.1) is 0 Å². The SMILES string of the molecule is CCCNc1cc(C(C)(C)C)nc(C(C)(CC)OC)n1. The molecule has 0 spiro atoms. The summed E-state index contributed by atoms with van der Waals surface area (Å²) in [6.45, 7) is 13.7. The van der Waals surface area contributed by atoms with Crippen LogP contribution in [0.3, 0.4) is 0 Å². The van der Waals surface area contributed by atoms with Crippen molar-refractivity contribution in [1.82, 2.24) is 9.97 Å². The van der Waals surface area contributed by atoms with E-state index in [-0.39, 0.29) is 5.41 Å². The van der Waals surface area contributed by atoms with Crippen molar-refractivity contribution >= 4 is 5.82 Å². The zero-order valence-electron chi connectivity index (χ0n) is 14.0. The van der Waals surface area contributed by atoms with Gasteiger partial charge in [-0.3, -0.25) is 0 Å². The average Bonchev–Trinajstić information content (AvgIpc) is 2.43. The van der Waals surface area contributed by atoms with E-state index in [1.807, 2.05) is 13.0 Å². The van der Waals surface area contributed by atoms with Crippen molar-refractivity contribution in [2.75, 3.05) is 19.0 Å². The molecular formula is C16H29N3O. The first-order valence-corrected chi connectivity index (χ1v) is 7.46. The van der Waals surface area contributed by atoms with E-state index in [9.17, 15) is 0 Å². The Kier molecular flexibility index (Phi) is 5.51. The van der Waals surface area contributed by atoms with Crippen molar-refractivity contribution in [3.8, 4) is 0 Å². The predicted octanol–water partition coefficient (Wildman–Crippen LogP) is 3.87. The fourth-order valence-electron chi connectivity index (χ4n) is 1.81. The Morgan fingerprint density at radius 3 is 2.25 bits per heavy atom. The number of aromatic nitrogens is 2. The van der Waals surface area contributed by atoms with Crippen LogP contribution >= 0.6 is 0 Å². The lowest BCUT2D eigenvalue weighted by molar-refractivity contribution is -0.00916. The van der Waals surface area contributed by atoms with Crippen molar-refractivity contribution in [2.45, 2.75) is 65.4 Å². The Morgan fingerprint density at radius 2 is 1.80 bits per heavy atom. The molecule has 1 aromatic rings. The molecule has 1 unspecified atom stereocenters. The van der Waals surface area contributed by atoms with Gasteiger partial charge in [-0.25, -0.2) is 9.97 Å². The number of nitrogens with one attached hydrogen (secondary N) is 1. The van der Waals surface area contributed by atoms with Crippen molar-refractivity contribution in [3.05, 3.63) is 17.6 Å². The number of hydrogen-bond acceptors (Lipinski definition) is 4. The number of anilines is 1. The minimum Gasteiger partial charge on any atom is -0.371 e. The van der Waals surface area contributed by atoms with Gasteiger partial charge in [0.25, 0.3) is 0 Å². The fourth-order valence-corrected chi connectivity index (χ4v) is 1.81. The number of hydrogen-bond donors (Lipinski definition) is 1. The molecule has 0 saturated carbocycles. The van der Waals surface area contributed by atoms with E-state index in [1.54, 1.807) is 7.11 Å². The van der Waals surface area contributed by atoms with Crippen molar-refractivity contribution < 1.29 is 4.74 Å². The van der Waals surface area contributed by atoms with E-state index in [2.05, 4.69) is 44.9 Å². The molecule has 4 nitrogen and oxygen atoms in total. The Bertz CT molecular complexity index is 434. The number of rotatable bonds is 6. The second-order valence-electron chi connectivity index (χ2n) is 6.43. The van der Waals surface area contributed by atoms with E-state index in [4.69, 9.17) is 9.72 Å². The van der Waals surface area contributed by atoms with E-state index < -0.39 is 5.60 Å². The maximum atomic E-state index is 5.65. The van der Waals surface area contributed by atoms with Crippen molar-refractivity contribution in [3.63, 3.8) is 0 Å². The van der Waals surface area contributed by atoms with Crippen LogP contribution in [0.4, 0.5) is 5.82 Å². The molecule has 20 heavy (non-hydrogen) atoms. The van der Waals surface area contributed by atoms with Crippen LogP contribution in [-0.4, -0.2) is 23.6 Å². The maximum absolute atomic E-state index is 5.65. The highest BCUT2D eigenvalue weighted by Gasteiger charge is 2.30. The topological polar surface area (TPSA) is 47.0 Å². The molecule has 0 radical (unpaired) electrons. The third-order valence-electron chi connectivity index (χ3n) is 3.65. The van der Waals surface area contributed by atoms with Crippen LogP contribution in [-0.2, 0) is 15.8 Å². The molecule has 0 aliphatic carbocycles. The molecule has 1 heterocycles. The third kappa shape index (κ3) is 3.92. The van der Waals surface area contributed by atoms with Crippen LogP contribution in [0.1, 0.15) is 65.9 Å². The molecule has 1 N–H and O–H groups in total. The first kappa shape index (κ1) is 16.9. The smallest absolute Gasteiger partial charge is 0.162 e. The van der Waals surface area contributed by atoms with Crippen molar-refractivity contribution in [2.24, 2.45) is 0 Å². The zero-order valence-corrected chi connectivity index (χ0v) is 14.0. The standard InChI is InChI=1S/C16H29N3O/c1-8-10-17-13-11-12(15(3,4)5)18-14(19-13)16(6,9-2)20-7/h11H,8-10H2,1-7H3,(H,17,18,19). The quantitative estimate of drug-likeness (QED) is 0.858. The molecule has 1 rings (SSSR count). The second kappa shape index (κ2) is 6.53. The minimum atomic E-state index is -0.441. The summed E-state index contributed by atoms with van der Waals surface area (Å²) in [5, 5.41) is 3.36. The van der Waals surface area contributed by atoms with Gasteiger partial charge >= 0.3 is 0 Å². The lowest BCUT2D eigenvalue weighted by Gasteiger charge is -2.28. The van der Waals surface area contributed by atoms with Gasteiger partial charge in [0.15, 0.2) is 5.82 Å². The molecule has 0 amide bonds. The molecule has 0 fully saturated rings. The number of methoxy groups -OCH3 is 1. The fraction of sp³-hybridized carbons (Fsp3) is 0.750. The Morgan fingerprint density at radius 1 is 1.15 bits per heavy atom. The molecule has 1 aromatic heterocycles. The Balaban J connectivity index is 3.29. The highest BCUT2D eigenvalue weighted by atomic mass is 16.5. The maximum Gasteiger partial charge on any atom is 0.162 e. The summed E-state index contributed by atoms with van der Waals surface area (Å²) in [6, 6.07) is 2.05. The molecule has 0 saturated heterocycles. The van der Waals surface area contributed by atoms with Crippen molar-refractivity contribution in [1.29, 1.82) is 0 Å². The number of nitrogens with zero attached hydrogens (tertiary/aromatic N) is 2. The largest absolute Gasteiger partial charge is 0.371 e. The average molecular weight is 279 g/mol. The van der Waals surface area contributed by atoms with E-state index >= 15 is 0 Å². The van der Waals surface area contributed by atoms with Gasteiger partial charge in [0.1, 0.15) is 11.4 Å². The van der Waals surface area contributed by atoms with Gasteiger partial charge in [-0.05, 0) is 19.8 Å². The van der Waals surface area contributed by atoms with E-state index in [1.165, 1.54) is 0 Å². The van der Waals surface area contributed by atoms with Crippen LogP contribution in [0.15, 0.2) is 6.07 Å². The van der Waals surface area contributed by atoms with Gasteiger partial charge in [-0.1, -0.05) is 34.6 Å². The van der Waals surface area contributed by atoms with Crippen LogP contribution in [0.5, 0.6) is 0 Å². The monoisotopic (exact) mass is 279 g/mol. The number of ether oxygens (including phenoxy) is 1. The summed E-state index contributed by atoms with van der Waals surface area (Å²) in [5.74, 6) is 1.65. The molecule has 0 aliphatic rings. The summed E-state index contributed by atoms with van der Waals surface area (Å²) >= 11 is 0. The van der Waals surface area contributed by atoms with Gasteiger partial charge in [0, 0.05) is 25.1 Å². The van der Waals surface area contributed by atoms with Gasteiger partial charge < -0.3 is 10.1 Å². The lowest BCUT2D eigenvalue weighted by Crippen LogP contribution is -2.29. The summed E-state index contributed by atoms with van der Waals surface area (Å²) in [6.07, 6.45) is 1.91.